The van der Waals surface area contributed by atoms with Crippen LogP contribution in [0.1, 0.15) is 25.7 Å². The van der Waals surface area contributed by atoms with Gasteiger partial charge in [0, 0.05) is 25.9 Å². The Kier molecular flexibility index (Phi) is 2.79. The van der Waals surface area contributed by atoms with E-state index in [1.54, 1.807) is 0 Å². The fourth-order valence-electron chi connectivity index (χ4n) is 2.99. The summed E-state index contributed by atoms with van der Waals surface area (Å²) in [6.45, 7) is 0.712. The molecular weight excluding hydrogens is 234 g/mol. The molecule has 0 bridgehead atoms. The number of piperidine rings is 1. The lowest BCUT2D eigenvalue weighted by Gasteiger charge is -2.50. The zero-order valence-electron chi connectivity index (χ0n) is 9.23. The van der Waals surface area contributed by atoms with Crippen LogP contribution in [0.5, 0.6) is 0 Å². The summed E-state index contributed by atoms with van der Waals surface area (Å²) in [5.74, 6) is -4.27. The van der Waals surface area contributed by atoms with Gasteiger partial charge < -0.3 is 5.11 Å². The summed E-state index contributed by atoms with van der Waals surface area (Å²) >= 11 is 0. The first kappa shape index (κ1) is 12.2. The quantitative estimate of drug-likeness (QED) is 0.774. The lowest BCUT2D eigenvalue weighted by molar-refractivity contribution is -0.210. The number of hydrogen-bond donors (Lipinski definition) is 1. The van der Waals surface area contributed by atoms with Crippen LogP contribution in [0.4, 0.5) is 8.78 Å². The van der Waals surface area contributed by atoms with Crippen LogP contribution >= 0.6 is 0 Å². The summed E-state index contributed by atoms with van der Waals surface area (Å²) in [7, 11) is 0. The summed E-state index contributed by atoms with van der Waals surface area (Å²) in [6.07, 6.45) is -0.273. The third-order valence-electron chi connectivity index (χ3n) is 3.94. The Labute approximate surface area is 96.7 Å². The van der Waals surface area contributed by atoms with Gasteiger partial charge in [0.25, 0.3) is 0 Å². The number of rotatable bonds is 3. The zero-order valence-corrected chi connectivity index (χ0v) is 9.23. The van der Waals surface area contributed by atoms with Crippen LogP contribution in [0.3, 0.4) is 0 Å². The van der Waals surface area contributed by atoms with Gasteiger partial charge in [0.05, 0.1) is 10.7 Å². The molecule has 0 spiro atoms. The molecule has 0 unspecified atom stereocenters. The maximum atomic E-state index is 12.9. The van der Waals surface area contributed by atoms with Gasteiger partial charge in [-0.05, 0) is 18.8 Å². The average molecular weight is 248 g/mol. The molecule has 1 aliphatic heterocycles. The minimum atomic E-state index is -2.85. The normalized spacial score (nSPS) is 27.3. The fraction of sp³-hybridized carbons (Fsp3) is 0.900. The standard InChI is InChI=1S/C10H14F2N2O3/c11-10(12)5-9(6-10,8(15)16)7-1-3-14(13-17)4-2-7/h7H,1-6H2,(H,15,16). The molecule has 2 rings (SSSR count). The van der Waals surface area contributed by atoms with E-state index in [9.17, 15) is 18.5 Å². The van der Waals surface area contributed by atoms with Crippen LogP contribution in [-0.2, 0) is 4.79 Å². The first-order valence-corrected chi connectivity index (χ1v) is 5.59. The smallest absolute Gasteiger partial charge is 0.310 e. The predicted molar refractivity (Wildman–Crippen MR) is 54.3 cm³/mol. The molecule has 0 aromatic rings. The minimum Gasteiger partial charge on any atom is -0.481 e. The number of carboxylic acid groups (broad SMARTS) is 1. The molecule has 5 nitrogen and oxygen atoms in total. The topological polar surface area (TPSA) is 70.0 Å². The molecule has 1 heterocycles. The summed E-state index contributed by atoms with van der Waals surface area (Å²) in [6, 6.07) is 0. The van der Waals surface area contributed by atoms with Crippen molar-refractivity contribution in [3.8, 4) is 0 Å². The SMILES string of the molecule is O=NN1CCC(C2(C(=O)O)CC(F)(F)C2)CC1. The molecule has 1 aliphatic carbocycles. The molecule has 0 aromatic carbocycles. The van der Waals surface area contributed by atoms with E-state index < -0.39 is 30.1 Å². The van der Waals surface area contributed by atoms with Gasteiger partial charge in [-0.15, -0.1) is 4.91 Å². The maximum absolute atomic E-state index is 12.9. The Morgan fingerprint density at radius 1 is 1.29 bits per heavy atom. The molecule has 96 valence electrons. The van der Waals surface area contributed by atoms with Gasteiger partial charge in [-0.2, -0.15) is 0 Å². The Hall–Kier alpha value is -1.27. The van der Waals surface area contributed by atoms with Crippen LogP contribution in [0.25, 0.3) is 0 Å². The monoisotopic (exact) mass is 248 g/mol. The predicted octanol–water partition coefficient (Wildman–Crippen LogP) is 1.88. The van der Waals surface area contributed by atoms with Gasteiger partial charge in [0.1, 0.15) is 0 Å². The van der Waals surface area contributed by atoms with Crippen molar-refractivity contribution in [3.63, 3.8) is 0 Å². The Bertz CT molecular complexity index is 332. The summed E-state index contributed by atoms with van der Waals surface area (Å²) in [4.78, 5) is 21.5. The van der Waals surface area contributed by atoms with Gasteiger partial charge in [0.15, 0.2) is 0 Å². The molecule has 17 heavy (non-hydrogen) atoms. The van der Waals surface area contributed by atoms with Crippen molar-refractivity contribution in [2.45, 2.75) is 31.6 Å². The largest absolute Gasteiger partial charge is 0.481 e. The summed E-state index contributed by atoms with van der Waals surface area (Å²) in [5.41, 5.74) is -1.29. The lowest BCUT2D eigenvalue weighted by atomic mass is 9.57. The van der Waals surface area contributed by atoms with Crippen molar-refractivity contribution in [2.24, 2.45) is 16.6 Å². The second-order valence-corrected chi connectivity index (χ2v) is 4.98. The van der Waals surface area contributed by atoms with Gasteiger partial charge >= 0.3 is 5.97 Å². The second kappa shape index (κ2) is 3.89. The van der Waals surface area contributed by atoms with Crippen LogP contribution in [0, 0.1) is 16.2 Å². The van der Waals surface area contributed by atoms with Crippen molar-refractivity contribution in [1.29, 1.82) is 0 Å². The Morgan fingerprint density at radius 2 is 1.82 bits per heavy atom. The number of nitrogens with zero attached hydrogens (tertiary/aromatic N) is 2. The van der Waals surface area contributed by atoms with E-state index >= 15 is 0 Å². The summed E-state index contributed by atoms with van der Waals surface area (Å²) in [5, 5.41) is 13.2. The van der Waals surface area contributed by atoms with Gasteiger partial charge in [0.2, 0.25) is 5.92 Å². The second-order valence-electron chi connectivity index (χ2n) is 4.98. The highest BCUT2D eigenvalue weighted by molar-refractivity contribution is 5.77. The van der Waals surface area contributed by atoms with Crippen molar-refractivity contribution in [1.82, 2.24) is 5.01 Å². The van der Waals surface area contributed by atoms with E-state index in [2.05, 4.69) is 5.29 Å². The summed E-state index contributed by atoms with van der Waals surface area (Å²) < 4.78 is 25.9. The Balaban J connectivity index is 2.05. The first-order chi connectivity index (χ1) is 7.89. The highest BCUT2D eigenvalue weighted by atomic mass is 19.3. The number of alkyl halides is 2. The fourth-order valence-corrected chi connectivity index (χ4v) is 2.99. The van der Waals surface area contributed by atoms with Gasteiger partial charge in [-0.1, -0.05) is 0 Å². The number of carbonyl (C=O) groups is 1. The van der Waals surface area contributed by atoms with Crippen LogP contribution in [0.15, 0.2) is 5.29 Å². The minimum absolute atomic E-state index is 0.280. The molecule has 0 radical (unpaired) electrons. The van der Waals surface area contributed by atoms with Gasteiger partial charge in [-0.25, -0.2) is 8.78 Å². The number of nitroso groups, excluding NO2 is 1. The van der Waals surface area contributed by atoms with E-state index in [1.165, 1.54) is 5.01 Å². The third-order valence-corrected chi connectivity index (χ3v) is 3.94. The van der Waals surface area contributed by atoms with E-state index in [4.69, 9.17) is 5.11 Å². The van der Waals surface area contributed by atoms with Crippen molar-refractivity contribution in [2.75, 3.05) is 13.1 Å². The number of aliphatic carboxylic acids is 1. The lowest BCUT2D eigenvalue weighted by Crippen LogP contribution is -2.57. The van der Waals surface area contributed by atoms with E-state index in [-0.39, 0.29) is 5.92 Å². The highest BCUT2D eigenvalue weighted by Gasteiger charge is 2.64. The molecular formula is C10H14F2N2O3. The molecule has 2 aliphatic rings. The third kappa shape index (κ3) is 1.98. The maximum Gasteiger partial charge on any atom is 0.310 e. The molecule has 0 aromatic heterocycles. The van der Waals surface area contributed by atoms with E-state index in [0.717, 1.165) is 0 Å². The van der Waals surface area contributed by atoms with Crippen LogP contribution in [-0.4, -0.2) is 35.1 Å². The van der Waals surface area contributed by atoms with E-state index in [0.29, 0.717) is 25.9 Å². The number of carboxylic acids is 1. The van der Waals surface area contributed by atoms with Crippen LogP contribution in [0.2, 0.25) is 0 Å². The van der Waals surface area contributed by atoms with E-state index in [1.807, 2.05) is 0 Å². The number of halogens is 2. The first-order valence-electron chi connectivity index (χ1n) is 5.59. The molecule has 0 amide bonds. The van der Waals surface area contributed by atoms with Crippen molar-refractivity contribution < 1.29 is 18.7 Å². The number of hydrogen-bond acceptors (Lipinski definition) is 3. The molecule has 1 N–H and O–H groups in total. The molecule has 7 heteroatoms. The van der Waals surface area contributed by atoms with Crippen molar-refractivity contribution >= 4 is 5.97 Å². The van der Waals surface area contributed by atoms with Gasteiger partial charge in [-0.3, -0.25) is 9.80 Å². The van der Waals surface area contributed by atoms with Crippen LogP contribution < -0.4 is 0 Å². The molecule has 0 atom stereocenters. The molecule has 1 saturated carbocycles. The highest BCUT2D eigenvalue weighted by Crippen LogP contribution is 2.58. The zero-order chi connectivity index (χ0) is 12.7. The molecule has 1 saturated heterocycles. The van der Waals surface area contributed by atoms with Crippen molar-refractivity contribution in [3.05, 3.63) is 4.91 Å². The average Bonchev–Trinajstić information content (AvgIpc) is 2.25. The Morgan fingerprint density at radius 3 is 2.18 bits per heavy atom. The molecule has 2 fully saturated rings.